The number of esters is 1. The number of methoxy groups -OCH3 is 1. The first kappa shape index (κ1) is 17.8. The van der Waals surface area contributed by atoms with Gasteiger partial charge in [0, 0.05) is 13.3 Å². The van der Waals surface area contributed by atoms with Gasteiger partial charge in [0.25, 0.3) is 5.91 Å². The highest BCUT2D eigenvalue weighted by molar-refractivity contribution is 6.39. The van der Waals surface area contributed by atoms with Gasteiger partial charge in [-0.25, -0.2) is 14.7 Å². The minimum absolute atomic E-state index is 0.0502. The van der Waals surface area contributed by atoms with Gasteiger partial charge in [0.2, 0.25) is 11.8 Å². The standard InChI is InChI=1S/C18H19N3O5/c1-10-5-6-13(7-11(10)2)20-15(23)9-18(17(20)25)8-14(16(24)26-4)19-21(18)12(3)22/h5-7H,8-9H2,1-4H3. The summed E-state index contributed by atoms with van der Waals surface area (Å²) in [6.07, 6.45) is -0.381. The number of hydrazone groups is 1. The zero-order chi connectivity index (χ0) is 19.2. The molecule has 1 unspecified atom stereocenters. The number of imide groups is 1. The molecule has 136 valence electrons. The van der Waals surface area contributed by atoms with Crippen LogP contribution in [0.4, 0.5) is 5.69 Å². The number of anilines is 1. The van der Waals surface area contributed by atoms with Gasteiger partial charge in [0.15, 0.2) is 5.54 Å². The van der Waals surface area contributed by atoms with E-state index in [1.165, 1.54) is 14.0 Å². The second-order valence-corrected chi connectivity index (χ2v) is 6.56. The Morgan fingerprint density at radius 1 is 1.15 bits per heavy atom. The Bertz CT molecular complexity index is 876. The van der Waals surface area contributed by atoms with E-state index in [9.17, 15) is 19.2 Å². The van der Waals surface area contributed by atoms with Gasteiger partial charge in [-0.3, -0.25) is 14.4 Å². The van der Waals surface area contributed by atoms with Gasteiger partial charge in [-0.2, -0.15) is 5.10 Å². The van der Waals surface area contributed by atoms with Crippen LogP contribution in [0.2, 0.25) is 0 Å². The monoisotopic (exact) mass is 357 g/mol. The molecule has 1 spiro atoms. The van der Waals surface area contributed by atoms with Crippen molar-refractivity contribution in [1.82, 2.24) is 5.01 Å². The fourth-order valence-corrected chi connectivity index (χ4v) is 3.36. The first-order chi connectivity index (χ1) is 12.2. The van der Waals surface area contributed by atoms with Crippen molar-refractivity contribution < 1.29 is 23.9 Å². The first-order valence-electron chi connectivity index (χ1n) is 8.12. The van der Waals surface area contributed by atoms with E-state index in [0.717, 1.165) is 21.0 Å². The minimum atomic E-state index is -1.51. The molecule has 0 saturated carbocycles. The number of carbonyl (C=O) groups excluding carboxylic acids is 4. The predicted molar refractivity (Wildman–Crippen MR) is 92.3 cm³/mol. The van der Waals surface area contributed by atoms with E-state index in [0.29, 0.717) is 5.69 Å². The van der Waals surface area contributed by atoms with Crippen LogP contribution in [0, 0.1) is 13.8 Å². The van der Waals surface area contributed by atoms with Crippen LogP contribution in [0.15, 0.2) is 23.3 Å². The number of rotatable bonds is 2. The summed E-state index contributed by atoms with van der Waals surface area (Å²) in [6.45, 7) is 5.05. The van der Waals surface area contributed by atoms with Crippen LogP contribution in [-0.2, 0) is 23.9 Å². The summed E-state index contributed by atoms with van der Waals surface area (Å²) in [6, 6.07) is 5.26. The fraction of sp³-hybridized carbons (Fsp3) is 0.389. The van der Waals surface area contributed by atoms with E-state index in [1.807, 2.05) is 19.9 Å². The number of amides is 3. The fourth-order valence-electron chi connectivity index (χ4n) is 3.36. The quantitative estimate of drug-likeness (QED) is 0.583. The Labute approximate surface area is 150 Å². The summed E-state index contributed by atoms with van der Waals surface area (Å²) >= 11 is 0. The van der Waals surface area contributed by atoms with Crippen molar-refractivity contribution in [3.05, 3.63) is 29.3 Å². The third-order valence-corrected chi connectivity index (χ3v) is 4.85. The van der Waals surface area contributed by atoms with Gasteiger partial charge in [-0.1, -0.05) is 6.07 Å². The van der Waals surface area contributed by atoms with Gasteiger partial charge in [-0.05, 0) is 37.1 Å². The zero-order valence-electron chi connectivity index (χ0n) is 15.0. The Morgan fingerprint density at radius 2 is 1.85 bits per heavy atom. The van der Waals surface area contributed by atoms with Crippen molar-refractivity contribution in [2.45, 2.75) is 39.2 Å². The van der Waals surface area contributed by atoms with Crippen LogP contribution in [0.3, 0.4) is 0 Å². The van der Waals surface area contributed by atoms with Crippen molar-refractivity contribution >= 4 is 35.1 Å². The number of nitrogens with zero attached hydrogens (tertiary/aromatic N) is 3. The average molecular weight is 357 g/mol. The molecular formula is C18H19N3O5. The van der Waals surface area contributed by atoms with Crippen LogP contribution in [0.5, 0.6) is 0 Å². The largest absolute Gasteiger partial charge is 0.464 e. The number of ether oxygens (including phenoxy) is 1. The van der Waals surface area contributed by atoms with E-state index in [1.54, 1.807) is 12.1 Å². The summed E-state index contributed by atoms with van der Waals surface area (Å²) in [4.78, 5) is 50.8. The minimum Gasteiger partial charge on any atom is -0.464 e. The third-order valence-electron chi connectivity index (χ3n) is 4.85. The topological polar surface area (TPSA) is 96.3 Å². The van der Waals surface area contributed by atoms with Crippen LogP contribution >= 0.6 is 0 Å². The molecule has 0 bridgehead atoms. The maximum Gasteiger partial charge on any atom is 0.354 e. The van der Waals surface area contributed by atoms with E-state index in [2.05, 4.69) is 9.84 Å². The lowest BCUT2D eigenvalue weighted by Crippen LogP contribution is -2.51. The molecule has 1 saturated heterocycles. The molecule has 1 aromatic carbocycles. The molecule has 1 fully saturated rings. The second-order valence-electron chi connectivity index (χ2n) is 6.56. The predicted octanol–water partition coefficient (Wildman–Crippen LogP) is 1.09. The van der Waals surface area contributed by atoms with Crippen LogP contribution < -0.4 is 4.90 Å². The maximum absolute atomic E-state index is 13.2. The molecule has 2 heterocycles. The smallest absolute Gasteiger partial charge is 0.354 e. The first-order valence-corrected chi connectivity index (χ1v) is 8.12. The molecule has 0 radical (unpaired) electrons. The number of hydrogen-bond acceptors (Lipinski definition) is 6. The van der Waals surface area contributed by atoms with Gasteiger partial charge in [0.05, 0.1) is 19.2 Å². The molecular weight excluding hydrogens is 338 g/mol. The molecule has 1 aromatic rings. The molecule has 3 rings (SSSR count). The maximum atomic E-state index is 13.2. The van der Waals surface area contributed by atoms with Crippen molar-refractivity contribution in [2.75, 3.05) is 12.0 Å². The molecule has 1 atom stereocenters. The average Bonchev–Trinajstić information content (AvgIpc) is 3.08. The molecule has 0 aromatic heterocycles. The molecule has 8 nitrogen and oxygen atoms in total. The van der Waals surface area contributed by atoms with E-state index in [4.69, 9.17) is 0 Å². The molecule has 0 N–H and O–H groups in total. The summed E-state index contributed by atoms with van der Waals surface area (Å²) in [5.41, 5.74) is 0.849. The number of carbonyl (C=O) groups is 4. The second kappa shape index (κ2) is 6.05. The van der Waals surface area contributed by atoms with Crippen LogP contribution in [0.25, 0.3) is 0 Å². The van der Waals surface area contributed by atoms with Crippen molar-refractivity contribution in [1.29, 1.82) is 0 Å². The molecule has 0 aliphatic carbocycles. The summed E-state index contributed by atoms with van der Waals surface area (Å²) in [5, 5.41) is 4.91. The summed E-state index contributed by atoms with van der Waals surface area (Å²) < 4.78 is 4.65. The van der Waals surface area contributed by atoms with E-state index in [-0.39, 0.29) is 18.6 Å². The summed E-state index contributed by atoms with van der Waals surface area (Å²) in [7, 11) is 1.19. The lowest BCUT2D eigenvalue weighted by atomic mass is 9.91. The van der Waals surface area contributed by atoms with Crippen molar-refractivity contribution in [2.24, 2.45) is 5.10 Å². The number of aryl methyl sites for hydroxylation is 2. The number of benzene rings is 1. The van der Waals surface area contributed by atoms with Crippen LogP contribution in [0.1, 0.15) is 30.9 Å². The van der Waals surface area contributed by atoms with Gasteiger partial charge < -0.3 is 4.74 Å². The normalized spacial score (nSPS) is 22.2. The highest BCUT2D eigenvalue weighted by Crippen LogP contribution is 2.40. The van der Waals surface area contributed by atoms with Crippen molar-refractivity contribution in [3.63, 3.8) is 0 Å². The third kappa shape index (κ3) is 2.49. The Kier molecular flexibility index (Phi) is 4.14. The van der Waals surface area contributed by atoms with E-state index >= 15 is 0 Å². The van der Waals surface area contributed by atoms with Gasteiger partial charge >= 0.3 is 5.97 Å². The molecule has 8 heteroatoms. The Balaban J connectivity index is 2.03. The summed E-state index contributed by atoms with van der Waals surface area (Å²) in [5.74, 6) is -2.25. The van der Waals surface area contributed by atoms with E-state index < -0.39 is 29.2 Å². The molecule has 26 heavy (non-hydrogen) atoms. The van der Waals surface area contributed by atoms with Gasteiger partial charge in [-0.15, -0.1) is 0 Å². The highest BCUT2D eigenvalue weighted by atomic mass is 16.5. The van der Waals surface area contributed by atoms with Crippen molar-refractivity contribution in [3.8, 4) is 0 Å². The van der Waals surface area contributed by atoms with Gasteiger partial charge in [0.1, 0.15) is 5.71 Å². The number of hydrogen-bond donors (Lipinski definition) is 0. The Hall–Kier alpha value is -3.03. The highest BCUT2D eigenvalue weighted by Gasteiger charge is 2.61. The molecule has 3 amide bonds. The SMILES string of the molecule is COC(=O)C1=NN(C(C)=O)C2(CC(=O)N(c3ccc(C)c(C)c3)C2=O)C1. The molecule has 2 aliphatic rings. The lowest BCUT2D eigenvalue weighted by Gasteiger charge is -2.29. The lowest BCUT2D eigenvalue weighted by molar-refractivity contribution is -0.141. The zero-order valence-corrected chi connectivity index (χ0v) is 15.0. The van der Waals surface area contributed by atoms with Crippen LogP contribution in [-0.4, -0.2) is 47.1 Å². The molecule has 2 aliphatic heterocycles. The Morgan fingerprint density at radius 3 is 2.42 bits per heavy atom.